The van der Waals surface area contributed by atoms with Crippen LogP contribution in [-0.2, 0) is 17.9 Å². The van der Waals surface area contributed by atoms with Gasteiger partial charge in [-0.3, -0.25) is 4.79 Å². The molecule has 154 valence electrons. The molecule has 0 radical (unpaired) electrons. The zero-order valence-electron chi connectivity index (χ0n) is 15.9. The molecule has 0 saturated carbocycles. The van der Waals surface area contributed by atoms with Crippen molar-refractivity contribution >= 4 is 11.9 Å². The highest BCUT2D eigenvalue weighted by atomic mass is 19.2. The average molecular weight is 403 g/mol. The van der Waals surface area contributed by atoms with E-state index in [1.165, 1.54) is 6.07 Å². The van der Waals surface area contributed by atoms with Crippen LogP contribution in [0.15, 0.2) is 42.5 Å². The summed E-state index contributed by atoms with van der Waals surface area (Å²) in [6.07, 6.45) is 1.52. The van der Waals surface area contributed by atoms with Gasteiger partial charge >= 0.3 is 6.03 Å². The summed E-state index contributed by atoms with van der Waals surface area (Å²) in [6, 6.07) is 10.6. The van der Waals surface area contributed by atoms with Crippen molar-refractivity contribution in [3.05, 3.63) is 65.2 Å². The van der Waals surface area contributed by atoms with E-state index in [-0.39, 0.29) is 30.8 Å². The molecule has 1 aliphatic rings. The maximum absolute atomic E-state index is 13.1. The Bertz CT molecular complexity index is 876. The van der Waals surface area contributed by atoms with Gasteiger partial charge in [0.1, 0.15) is 12.4 Å². The normalized spacial score (nSPS) is 13.4. The first kappa shape index (κ1) is 20.6. The summed E-state index contributed by atoms with van der Waals surface area (Å²) >= 11 is 0. The van der Waals surface area contributed by atoms with Crippen LogP contribution in [0.4, 0.5) is 13.6 Å². The van der Waals surface area contributed by atoms with Gasteiger partial charge in [-0.2, -0.15) is 0 Å². The van der Waals surface area contributed by atoms with E-state index in [1.807, 2.05) is 29.2 Å². The minimum absolute atomic E-state index is 0.123. The summed E-state index contributed by atoms with van der Waals surface area (Å²) in [5.41, 5.74) is 1.96. The maximum Gasteiger partial charge on any atom is 0.315 e. The quantitative estimate of drug-likeness (QED) is 0.666. The highest BCUT2D eigenvalue weighted by molar-refractivity contribution is 5.78. The van der Waals surface area contributed by atoms with Crippen molar-refractivity contribution in [3.63, 3.8) is 0 Å². The molecule has 1 heterocycles. The molecule has 6 nitrogen and oxygen atoms in total. The number of hydrogen-bond donors (Lipinski definition) is 2. The predicted molar refractivity (Wildman–Crippen MR) is 103 cm³/mol. The summed E-state index contributed by atoms with van der Waals surface area (Å²) < 4.78 is 31.2. The van der Waals surface area contributed by atoms with Gasteiger partial charge in [-0.25, -0.2) is 13.6 Å². The number of rotatable bonds is 8. The molecule has 0 bridgehead atoms. The van der Waals surface area contributed by atoms with E-state index in [9.17, 15) is 18.4 Å². The van der Waals surface area contributed by atoms with Crippen molar-refractivity contribution in [1.29, 1.82) is 0 Å². The van der Waals surface area contributed by atoms with Gasteiger partial charge in [-0.1, -0.05) is 24.3 Å². The molecule has 3 amide bonds. The number of halogens is 2. The van der Waals surface area contributed by atoms with Crippen LogP contribution in [-0.4, -0.2) is 36.5 Å². The minimum Gasteiger partial charge on any atom is -0.492 e. The molecule has 0 unspecified atom stereocenters. The van der Waals surface area contributed by atoms with Crippen molar-refractivity contribution in [1.82, 2.24) is 15.5 Å². The van der Waals surface area contributed by atoms with Crippen LogP contribution in [0.25, 0.3) is 0 Å². The van der Waals surface area contributed by atoms with Gasteiger partial charge in [0.2, 0.25) is 5.91 Å². The number of urea groups is 1. The highest BCUT2D eigenvalue weighted by Gasteiger charge is 2.19. The smallest absolute Gasteiger partial charge is 0.315 e. The monoisotopic (exact) mass is 403 g/mol. The lowest BCUT2D eigenvalue weighted by Crippen LogP contribution is -2.37. The first-order chi connectivity index (χ1) is 14.0. The van der Waals surface area contributed by atoms with Gasteiger partial charge < -0.3 is 20.3 Å². The van der Waals surface area contributed by atoms with E-state index in [1.54, 1.807) is 0 Å². The van der Waals surface area contributed by atoms with E-state index < -0.39 is 11.6 Å². The van der Waals surface area contributed by atoms with Crippen LogP contribution in [0.1, 0.15) is 24.0 Å². The van der Waals surface area contributed by atoms with Crippen molar-refractivity contribution in [3.8, 4) is 5.75 Å². The first-order valence-electron chi connectivity index (χ1n) is 9.46. The fraction of sp³-hybridized carbons (Fsp3) is 0.333. The van der Waals surface area contributed by atoms with Gasteiger partial charge in [-0.15, -0.1) is 0 Å². The molecule has 0 spiro atoms. The number of carbonyl (C=O) groups is 2. The third kappa shape index (κ3) is 6.17. The average Bonchev–Trinajstić information content (AvgIpc) is 3.11. The lowest BCUT2D eigenvalue weighted by atomic mass is 10.1. The molecular formula is C21H23F2N3O3. The van der Waals surface area contributed by atoms with E-state index in [0.717, 1.165) is 36.2 Å². The number of likely N-dealkylation sites (tertiary alicyclic amines) is 1. The molecule has 2 aromatic rings. The summed E-state index contributed by atoms with van der Waals surface area (Å²) in [4.78, 5) is 25.5. The second-order valence-corrected chi connectivity index (χ2v) is 6.77. The van der Waals surface area contributed by atoms with Crippen LogP contribution >= 0.6 is 0 Å². The molecule has 8 heteroatoms. The molecule has 1 saturated heterocycles. The summed E-state index contributed by atoms with van der Waals surface area (Å²) in [6.45, 7) is 2.05. The fourth-order valence-electron chi connectivity index (χ4n) is 3.07. The molecule has 2 aromatic carbocycles. The Hall–Kier alpha value is -3.16. The van der Waals surface area contributed by atoms with Crippen molar-refractivity contribution < 1.29 is 23.1 Å². The second kappa shape index (κ2) is 9.86. The zero-order chi connectivity index (χ0) is 20.6. The fourth-order valence-corrected chi connectivity index (χ4v) is 3.07. The number of nitrogens with zero attached hydrogens (tertiary/aromatic N) is 1. The molecule has 0 atom stereocenters. The third-order valence-electron chi connectivity index (χ3n) is 4.54. The SMILES string of the molecule is O=C(NCCOc1ccc(F)c(F)c1)NCc1cccc(CN2CCCC2=O)c1. The van der Waals surface area contributed by atoms with Gasteiger partial charge in [0, 0.05) is 32.1 Å². The zero-order valence-corrected chi connectivity index (χ0v) is 15.9. The number of ether oxygens (including phenoxy) is 1. The van der Waals surface area contributed by atoms with Crippen LogP contribution in [0.3, 0.4) is 0 Å². The Morgan fingerprint density at radius 3 is 2.66 bits per heavy atom. The van der Waals surface area contributed by atoms with E-state index >= 15 is 0 Å². The summed E-state index contributed by atoms with van der Waals surface area (Å²) in [7, 11) is 0. The van der Waals surface area contributed by atoms with Crippen molar-refractivity contribution in [2.24, 2.45) is 0 Å². The van der Waals surface area contributed by atoms with Crippen LogP contribution in [0.2, 0.25) is 0 Å². The molecule has 1 aliphatic heterocycles. The molecule has 1 fully saturated rings. The number of benzene rings is 2. The topological polar surface area (TPSA) is 70.7 Å². The van der Waals surface area contributed by atoms with Crippen LogP contribution in [0.5, 0.6) is 5.75 Å². The number of nitrogens with one attached hydrogen (secondary N) is 2. The Labute approximate surface area is 167 Å². The van der Waals surface area contributed by atoms with Crippen LogP contribution < -0.4 is 15.4 Å². The van der Waals surface area contributed by atoms with E-state index in [0.29, 0.717) is 19.5 Å². The predicted octanol–water partition coefficient (Wildman–Crippen LogP) is 2.97. The van der Waals surface area contributed by atoms with Gasteiger partial charge in [0.15, 0.2) is 11.6 Å². The van der Waals surface area contributed by atoms with Crippen molar-refractivity contribution in [2.45, 2.75) is 25.9 Å². The molecule has 3 rings (SSSR count). The van der Waals surface area contributed by atoms with Crippen LogP contribution in [0, 0.1) is 11.6 Å². The molecule has 0 aliphatic carbocycles. The Balaban J connectivity index is 1.37. The Morgan fingerprint density at radius 1 is 1.07 bits per heavy atom. The van der Waals surface area contributed by atoms with Gasteiger partial charge in [0.25, 0.3) is 0 Å². The molecule has 29 heavy (non-hydrogen) atoms. The van der Waals surface area contributed by atoms with E-state index in [2.05, 4.69) is 10.6 Å². The molecule has 0 aromatic heterocycles. The standard InChI is InChI=1S/C21H23F2N3O3/c22-18-7-6-17(12-19(18)23)29-10-8-24-21(28)25-13-15-3-1-4-16(11-15)14-26-9-2-5-20(26)27/h1,3-4,6-7,11-12H,2,5,8-10,13-14H2,(H2,24,25,28). The Kier molecular flexibility index (Phi) is 6.99. The highest BCUT2D eigenvalue weighted by Crippen LogP contribution is 2.16. The maximum atomic E-state index is 13.1. The van der Waals surface area contributed by atoms with Gasteiger partial charge in [0.05, 0.1) is 6.54 Å². The van der Waals surface area contributed by atoms with E-state index in [4.69, 9.17) is 4.74 Å². The third-order valence-corrected chi connectivity index (χ3v) is 4.54. The number of carbonyl (C=O) groups excluding carboxylic acids is 2. The first-order valence-corrected chi connectivity index (χ1v) is 9.46. The minimum atomic E-state index is -0.982. The second-order valence-electron chi connectivity index (χ2n) is 6.77. The summed E-state index contributed by atoms with van der Waals surface area (Å²) in [5.74, 6) is -1.55. The van der Waals surface area contributed by atoms with Gasteiger partial charge in [-0.05, 0) is 29.7 Å². The summed E-state index contributed by atoms with van der Waals surface area (Å²) in [5, 5.41) is 5.38. The molecular weight excluding hydrogens is 380 g/mol. The largest absolute Gasteiger partial charge is 0.492 e. The lowest BCUT2D eigenvalue weighted by molar-refractivity contribution is -0.128. The lowest BCUT2D eigenvalue weighted by Gasteiger charge is -2.16. The molecule has 2 N–H and O–H groups in total. The number of amides is 3. The van der Waals surface area contributed by atoms with Crippen molar-refractivity contribution in [2.75, 3.05) is 19.7 Å². The number of hydrogen-bond acceptors (Lipinski definition) is 3. The Morgan fingerprint density at radius 2 is 1.90 bits per heavy atom.